The molecule has 0 atom stereocenters. The van der Waals surface area contributed by atoms with E-state index in [9.17, 15) is 0 Å². The molecule has 0 spiro atoms. The third-order valence-corrected chi connectivity index (χ3v) is 14.6. The maximum Gasteiger partial charge on any atom is 0.346 e. The number of hydrogen-bond acceptors (Lipinski definition) is 3. The van der Waals surface area contributed by atoms with E-state index in [4.69, 9.17) is 8.39 Å². The molecular weight excluding hydrogens is 614 g/mol. The van der Waals surface area contributed by atoms with Crippen molar-refractivity contribution in [3.05, 3.63) is 120 Å². The summed E-state index contributed by atoms with van der Waals surface area (Å²) in [4.78, 5) is 0. The fraction of sp³-hybridized carbons (Fsp3) is 0.150. The minimum Gasteiger partial charge on any atom is -0.404 e. The predicted octanol–water partition coefficient (Wildman–Crippen LogP) is 11.8. The van der Waals surface area contributed by atoms with E-state index < -0.39 is 24.3 Å². The standard InChI is InChI=1S/C40H38NO2PSi2/c1-45(2,3)35-25-29-17-7-11-19-31(29)37-38-32-20-12-8-18-30(32)26-36(46(4,5)6)40(38)43-44(42-39(35)37)41-33-21-13-9-15-27(33)23-24-28-16-10-14-22-34(28)41/h7-26H,1-6H3. The van der Waals surface area contributed by atoms with E-state index in [1.54, 1.807) is 0 Å². The summed E-state index contributed by atoms with van der Waals surface area (Å²) in [5.74, 6) is 0. The SMILES string of the molecule is C[Si](C)(C)c1cc2ccccc2c2c1op(N1c3ccccc3C=Cc3ccccc31)oc1c([Si](C)(C)C)cc3ccccc3c12. The molecule has 6 aromatic carbocycles. The van der Waals surface area contributed by atoms with E-state index in [2.05, 4.69) is 165 Å². The van der Waals surface area contributed by atoms with Crippen molar-refractivity contribution in [3.63, 3.8) is 0 Å². The Morgan fingerprint density at radius 3 is 1.33 bits per heavy atom. The molecule has 6 heteroatoms. The maximum absolute atomic E-state index is 7.52. The third-order valence-electron chi connectivity index (χ3n) is 9.14. The number of fused-ring (bicyclic) bond motifs is 9. The van der Waals surface area contributed by atoms with Gasteiger partial charge in [0.2, 0.25) is 0 Å². The molecule has 0 radical (unpaired) electrons. The van der Waals surface area contributed by atoms with Gasteiger partial charge in [0, 0.05) is 10.8 Å². The Labute approximate surface area is 273 Å². The lowest BCUT2D eigenvalue weighted by atomic mass is 9.98. The smallest absolute Gasteiger partial charge is 0.346 e. The fourth-order valence-electron chi connectivity index (χ4n) is 6.84. The highest BCUT2D eigenvalue weighted by Crippen LogP contribution is 2.50. The summed E-state index contributed by atoms with van der Waals surface area (Å²) in [7, 11) is -5.51. The molecule has 0 amide bonds. The zero-order chi connectivity index (χ0) is 31.8. The van der Waals surface area contributed by atoms with Gasteiger partial charge in [-0.1, -0.05) is 148 Å². The first-order valence-electron chi connectivity index (χ1n) is 16.0. The second-order valence-electron chi connectivity index (χ2n) is 14.4. The van der Waals surface area contributed by atoms with Crippen molar-refractivity contribution in [2.45, 2.75) is 39.3 Å². The normalized spacial score (nSPS) is 13.3. The van der Waals surface area contributed by atoms with Crippen LogP contribution in [0.4, 0.5) is 11.4 Å². The highest BCUT2D eigenvalue weighted by Gasteiger charge is 2.30. The summed E-state index contributed by atoms with van der Waals surface area (Å²) < 4.78 is 17.4. The zero-order valence-corrected chi connectivity index (χ0v) is 30.2. The second kappa shape index (κ2) is 10.6. The molecule has 0 N–H and O–H groups in total. The molecule has 0 saturated carbocycles. The topological polar surface area (TPSA) is 29.5 Å². The Morgan fingerprint density at radius 2 is 0.891 bits per heavy atom. The van der Waals surface area contributed by atoms with Crippen LogP contribution in [0.2, 0.25) is 39.3 Å². The summed E-state index contributed by atoms with van der Waals surface area (Å²) in [6.07, 6.45) is 4.43. The average Bonchev–Trinajstić information content (AvgIpc) is 3.31. The molecule has 228 valence electrons. The van der Waals surface area contributed by atoms with Gasteiger partial charge in [-0.05, 0) is 55.2 Å². The first-order chi connectivity index (χ1) is 22.1. The van der Waals surface area contributed by atoms with Crippen molar-refractivity contribution in [2.75, 3.05) is 4.67 Å². The first-order valence-corrected chi connectivity index (χ1v) is 24.2. The lowest BCUT2D eigenvalue weighted by Crippen LogP contribution is -2.38. The van der Waals surface area contributed by atoms with Gasteiger partial charge in [0.1, 0.15) is 11.2 Å². The molecule has 3 nitrogen and oxygen atoms in total. The molecule has 1 aromatic heterocycles. The Bertz CT molecular complexity index is 2250. The van der Waals surface area contributed by atoms with E-state index in [0.717, 1.165) is 33.7 Å². The van der Waals surface area contributed by atoms with Crippen molar-refractivity contribution in [1.29, 1.82) is 0 Å². The van der Waals surface area contributed by atoms with Crippen LogP contribution in [0.5, 0.6) is 0 Å². The molecule has 7 aromatic rings. The second-order valence-corrected chi connectivity index (χ2v) is 25.7. The number of benzene rings is 6. The highest BCUT2D eigenvalue weighted by molar-refractivity contribution is 7.40. The molecule has 0 unspecified atom stereocenters. The van der Waals surface area contributed by atoms with Gasteiger partial charge in [-0.3, -0.25) is 0 Å². The monoisotopic (exact) mass is 651 g/mol. The molecule has 8 rings (SSSR count). The van der Waals surface area contributed by atoms with Crippen LogP contribution in [-0.4, -0.2) is 16.1 Å². The zero-order valence-electron chi connectivity index (χ0n) is 27.3. The van der Waals surface area contributed by atoms with Crippen molar-refractivity contribution in [2.24, 2.45) is 0 Å². The van der Waals surface area contributed by atoms with Crippen LogP contribution in [0.25, 0.3) is 55.6 Å². The highest BCUT2D eigenvalue weighted by atomic mass is 31.1. The van der Waals surface area contributed by atoms with E-state index >= 15 is 0 Å². The minimum atomic E-state index is -1.92. The Kier molecular flexibility index (Phi) is 6.73. The summed E-state index contributed by atoms with van der Waals surface area (Å²) in [5.41, 5.74) is 6.42. The summed E-state index contributed by atoms with van der Waals surface area (Å²) in [6, 6.07) is 39.7. The Morgan fingerprint density at radius 1 is 0.500 bits per heavy atom. The first kappa shape index (κ1) is 29.1. The maximum atomic E-state index is 7.52. The van der Waals surface area contributed by atoms with Crippen LogP contribution < -0.4 is 15.0 Å². The van der Waals surface area contributed by atoms with E-state index in [-0.39, 0.29) is 0 Å². The summed E-state index contributed by atoms with van der Waals surface area (Å²) >= 11 is 0. The third kappa shape index (κ3) is 4.69. The van der Waals surface area contributed by atoms with Gasteiger partial charge < -0.3 is 8.39 Å². The van der Waals surface area contributed by atoms with Crippen LogP contribution in [-0.2, 0) is 0 Å². The van der Waals surface area contributed by atoms with Crippen molar-refractivity contribution in [3.8, 4) is 0 Å². The number of para-hydroxylation sites is 2. The fourth-order valence-corrected chi connectivity index (χ4v) is 11.5. The molecule has 1 aliphatic heterocycles. The molecule has 0 saturated heterocycles. The number of nitrogens with zero attached hydrogens (tertiary/aromatic N) is 1. The van der Waals surface area contributed by atoms with Crippen molar-refractivity contribution < 1.29 is 8.39 Å². The number of rotatable bonds is 3. The lowest BCUT2D eigenvalue weighted by Gasteiger charge is -2.24. The van der Waals surface area contributed by atoms with Gasteiger partial charge in [0.05, 0.1) is 27.5 Å². The van der Waals surface area contributed by atoms with Gasteiger partial charge in [-0.25, -0.2) is 4.67 Å². The van der Waals surface area contributed by atoms with E-state index in [1.807, 2.05) is 0 Å². The van der Waals surface area contributed by atoms with Gasteiger partial charge in [-0.2, -0.15) is 0 Å². The Hall–Kier alpha value is -4.29. The van der Waals surface area contributed by atoms with Crippen LogP contribution in [0.15, 0.2) is 118 Å². The van der Waals surface area contributed by atoms with Crippen molar-refractivity contribution >= 4 is 102 Å². The van der Waals surface area contributed by atoms with Crippen LogP contribution in [0.3, 0.4) is 0 Å². The van der Waals surface area contributed by atoms with Crippen LogP contribution >= 0.6 is 8.16 Å². The largest absolute Gasteiger partial charge is 0.404 e. The molecule has 2 heterocycles. The average molecular weight is 652 g/mol. The summed E-state index contributed by atoms with van der Waals surface area (Å²) in [5, 5.41) is 9.88. The van der Waals surface area contributed by atoms with E-state index in [1.165, 1.54) is 42.7 Å². The Balaban J connectivity index is 1.69. The minimum absolute atomic E-state index is 0.979. The lowest BCUT2D eigenvalue weighted by molar-refractivity contribution is 0.642. The van der Waals surface area contributed by atoms with Gasteiger partial charge >= 0.3 is 8.16 Å². The van der Waals surface area contributed by atoms with Crippen molar-refractivity contribution in [1.82, 2.24) is 0 Å². The predicted molar refractivity (Wildman–Crippen MR) is 207 cm³/mol. The molecule has 0 aliphatic carbocycles. The number of hydrogen-bond donors (Lipinski definition) is 0. The quantitative estimate of drug-likeness (QED) is 0.178. The molecular formula is C40H38NO2PSi2. The molecule has 1 aliphatic rings. The van der Waals surface area contributed by atoms with E-state index in [0.29, 0.717) is 0 Å². The van der Waals surface area contributed by atoms with Gasteiger partial charge in [0.25, 0.3) is 0 Å². The van der Waals surface area contributed by atoms with Gasteiger partial charge in [-0.15, -0.1) is 0 Å². The van der Waals surface area contributed by atoms with Gasteiger partial charge in [0.15, 0.2) is 0 Å². The van der Waals surface area contributed by atoms with Crippen LogP contribution in [0, 0.1) is 0 Å². The summed E-state index contributed by atoms with van der Waals surface area (Å²) in [6.45, 7) is 14.5. The number of anilines is 2. The molecule has 0 bridgehead atoms. The molecule has 0 fully saturated rings. The molecule has 46 heavy (non-hydrogen) atoms. The van der Waals surface area contributed by atoms with Crippen LogP contribution in [0.1, 0.15) is 11.1 Å².